The normalized spacial score (nSPS) is 26.0. The highest BCUT2D eigenvalue weighted by atomic mass is 35.5. The van der Waals surface area contributed by atoms with Crippen LogP contribution in [0, 0.1) is 5.41 Å². The number of benzene rings is 1. The molecule has 1 N–H and O–H groups in total. The Bertz CT molecular complexity index is 414. The average Bonchev–Trinajstić information content (AvgIpc) is 2.49. The highest BCUT2D eigenvalue weighted by Crippen LogP contribution is 2.44. The van der Waals surface area contributed by atoms with Crippen molar-refractivity contribution in [3.63, 3.8) is 0 Å². The molecule has 2 unspecified atom stereocenters. The van der Waals surface area contributed by atoms with Crippen molar-refractivity contribution in [2.45, 2.75) is 64.7 Å². The van der Waals surface area contributed by atoms with E-state index in [4.69, 9.17) is 11.6 Å². The number of halogens is 1. The fourth-order valence-electron chi connectivity index (χ4n) is 3.69. The first kappa shape index (κ1) is 16.8. The summed E-state index contributed by atoms with van der Waals surface area (Å²) in [6, 6.07) is 8.50. The number of piperidine rings is 1. The Balaban J connectivity index is 1.98. The summed E-state index contributed by atoms with van der Waals surface area (Å²) >= 11 is 6.04. The fraction of sp³-hybridized carbons (Fsp3) is 0.684. The smallest absolute Gasteiger partial charge is 0.0406 e. The van der Waals surface area contributed by atoms with Gasteiger partial charge in [0.1, 0.15) is 0 Å². The van der Waals surface area contributed by atoms with Crippen molar-refractivity contribution in [2.24, 2.45) is 5.41 Å². The molecule has 1 aliphatic rings. The van der Waals surface area contributed by atoms with Gasteiger partial charge in [-0.3, -0.25) is 0 Å². The molecule has 0 aromatic heterocycles. The number of rotatable bonds is 7. The summed E-state index contributed by atoms with van der Waals surface area (Å²) in [4.78, 5) is 0. The van der Waals surface area contributed by atoms with Crippen LogP contribution in [0.4, 0.5) is 0 Å². The van der Waals surface area contributed by atoms with Crippen molar-refractivity contribution in [1.82, 2.24) is 5.32 Å². The maximum Gasteiger partial charge on any atom is 0.0406 e. The highest BCUT2D eigenvalue weighted by Gasteiger charge is 2.36. The zero-order valence-corrected chi connectivity index (χ0v) is 14.4. The largest absolute Gasteiger partial charge is 0.316 e. The van der Waals surface area contributed by atoms with Crippen LogP contribution >= 0.6 is 11.6 Å². The minimum Gasteiger partial charge on any atom is -0.316 e. The average molecular weight is 308 g/mol. The van der Waals surface area contributed by atoms with E-state index in [0.717, 1.165) is 18.1 Å². The molecule has 2 heteroatoms. The van der Waals surface area contributed by atoms with E-state index in [1.165, 1.54) is 50.5 Å². The van der Waals surface area contributed by atoms with E-state index in [1.54, 1.807) is 0 Å². The minimum atomic E-state index is 0.436. The molecule has 21 heavy (non-hydrogen) atoms. The molecular weight excluding hydrogens is 278 g/mol. The van der Waals surface area contributed by atoms with Crippen LogP contribution in [0.1, 0.15) is 70.3 Å². The van der Waals surface area contributed by atoms with E-state index in [0.29, 0.717) is 11.3 Å². The third-order valence-electron chi connectivity index (χ3n) is 5.19. The maximum atomic E-state index is 6.04. The van der Waals surface area contributed by atoms with E-state index in [2.05, 4.69) is 31.3 Å². The maximum absolute atomic E-state index is 6.04. The predicted molar refractivity (Wildman–Crippen MR) is 93.2 cm³/mol. The summed E-state index contributed by atoms with van der Waals surface area (Å²) in [5, 5.41) is 4.42. The quantitative estimate of drug-likeness (QED) is 0.629. The second-order valence-electron chi connectivity index (χ2n) is 6.88. The lowest BCUT2D eigenvalue weighted by molar-refractivity contribution is 0.167. The Morgan fingerprint density at radius 1 is 1.14 bits per heavy atom. The van der Waals surface area contributed by atoms with E-state index < -0.39 is 0 Å². The first-order chi connectivity index (χ1) is 10.2. The van der Waals surface area contributed by atoms with Crippen LogP contribution in [-0.4, -0.2) is 13.1 Å². The van der Waals surface area contributed by atoms with Crippen LogP contribution in [0.5, 0.6) is 0 Å². The Labute approximate surface area is 135 Å². The molecule has 0 saturated carbocycles. The first-order valence-corrected chi connectivity index (χ1v) is 9.00. The molecule has 2 rings (SSSR count). The lowest BCUT2D eigenvalue weighted by Crippen LogP contribution is -2.42. The summed E-state index contributed by atoms with van der Waals surface area (Å²) in [7, 11) is 0. The number of unbranched alkanes of at least 4 members (excludes halogenated alkanes) is 4. The van der Waals surface area contributed by atoms with Crippen LogP contribution in [0.15, 0.2) is 24.3 Å². The molecule has 1 heterocycles. The molecule has 1 aromatic rings. The van der Waals surface area contributed by atoms with Crippen molar-refractivity contribution in [1.29, 1.82) is 0 Å². The molecule has 1 nitrogen and oxygen atoms in total. The molecule has 1 fully saturated rings. The van der Waals surface area contributed by atoms with Crippen LogP contribution in [0.25, 0.3) is 0 Å². The van der Waals surface area contributed by atoms with Crippen LogP contribution in [0.3, 0.4) is 0 Å². The zero-order valence-electron chi connectivity index (χ0n) is 13.6. The van der Waals surface area contributed by atoms with Gasteiger partial charge in [-0.05, 0) is 42.5 Å². The lowest BCUT2D eigenvalue weighted by atomic mass is 9.66. The van der Waals surface area contributed by atoms with Crippen molar-refractivity contribution in [2.75, 3.05) is 13.1 Å². The van der Waals surface area contributed by atoms with E-state index in [1.807, 2.05) is 12.1 Å². The van der Waals surface area contributed by atoms with Gasteiger partial charge in [0.25, 0.3) is 0 Å². The van der Waals surface area contributed by atoms with Gasteiger partial charge in [-0.2, -0.15) is 0 Å². The third-order valence-corrected chi connectivity index (χ3v) is 5.44. The Hall–Kier alpha value is -0.530. The Morgan fingerprint density at radius 2 is 1.86 bits per heavy atom. The lowest BCUT2D eigenvalue weighted by Gasteiger charge is -2.42. The van der Waals surface area contributed by atoms with Crippen molar-refractivity contribution in [3.05, 3.63) is 34.9 Å². The monoisotopic (exact) mass is 307 g/mol. The molecule has 2 atom stereocenters. The summed E-state index contributed by atoms with van der Waals surface area (Å²) in [6.45, 7) is 7.04. The summed E-state index contributed by atoms with van der Waals surface area (Å²) in [5.41, 5.74) is 1.88. The van der Waals surface area contributed by atoms with E-state index in [-0.39, 0.29) is 0 Å². The van der Waals surface area contributed by atoms with Gasteiger partial charge < -0.3 is 5.32 Å². The second kappa shape index (κ2) is 8.19. The summed E-state index contributed by atoms with van der Waals surface area (Å²) in [6.07, 6.45) is 9.52. The second-order valence-corrected chi connectivity index (χ2v) is 7.31. The molecule has 0 aliphatic carbocycles. The van der Waals surface area contributed by atoms with Gasteiger partial charge in [-0.1, -0.05) is 69.7 Å². The van der Waals surface area contributed by atoms with Gasteiger partial charge >= 0.3 is 0 Å². The van der Waals surface area contributed by atoms with Crippen LogP contribution in [-0.2, 0) is 0 Å². The molecule has 0 amide bonds. The van der Waals surface area contributed by atoms with Crippen molar-refractivity contribution in [3.8, 4) is 0 Å². The molecule has 1 aliphatic heterocycles. The topological polar surface area (TPSA) is 12.0 Å². The van der Waals surface area contributed by atoms with E-state index in [9.17, 15) is 0 Å². The Morgan fingerprint density at radius 3 is 2.57 bits per heavy atom. The fourth-order valence-corrected chi connectivity index (χ4v) is 3.81. The number of nitrogens with one attached hydrogen (secondary N) is 1. The van der Waals surface area contributed by atoms with Crippen LogP contribution < -0.4 is 5.32 Å². The molecular formula is C19H30ClN. The molecule has 0 radical (unpaired) electrons. The van der Waals surface area contributed by atoms with Gasteiger partial charge in [-0.25, -0.2) is 0 Å². The van der Waals surface area contributed by atoms with Gasteiger partial charge in [-0.15, -0.1) is 0 Å². The standard InChI is InChI=1S/C19H30ClN/c1-3-4-5-6-7-12-19(2)13-14-21-15-18(19)16-8-10-17(20)11-9-16/h8-11,18,21H,3-7,12-15H2,1-2H3. The SMILES string of the molecule is CCCCCCCC1(C)CCNCC1c1ccc(Cl)cc1. The van der Waals surface area contributed by atoms with Gasteiger partial charge in [0.05, 0.1) is 0 Å². The number of hydrogen-bond donors (Lipinski definition) is 1. The highest BCUT2D eigenvalue weighted by molar-refractivity contribution is 6.30. The summed E-state index contributed by atoms with van der Waals surface area (Å²) in [5.74, 6) is 0.620. The van der Waals surface area contributed by atoms with Crippen molar-refractivity contribution < 1.29 is 0 Å². The molecule has 1 saturated heterocycles. The first-order valence-electron chi connectivity index (χ1n) is 8.62. The Kier molecular flexibility index (Phi) is 6.57. The van der Waals surface area contributed by atoms with Gasteiger partial charge in [0, 0.05) is 17.5 Å². The van der Waals surface area contributed by atoms with Crippen molar-refractivity contribution >= 4 is 11.6 Å². The van der Waals surface area contributed by atoms with E-state index >= 15 is 0 Å². The molecule has 0 bridgehead atoms. The molecule has 0 spiro atoms. The number of hydrogen-bond acceptors (Lipinski definition) is 1. The van der Waals surface area contributed by atoms with Gasteiger partial charge in [0.15, 0.2) is 0 Å². The predicted octanol–water partition coefficient (Wildman–Crippen LogP) is 5.78. The van der Waals surface area contributed by atoms with Crippen LogP contribution in [0.2, 0.25) is 5.02 Å². The minimum absolute atomic E-state index is 0.436. The van der Waals surface area contributed by atoms with Gasteiger partial charge in [0.2, 0.25) is 0 Å². The third kappa shape index (κ3) is 4.72. The zero-order chi connectivity index (χ0) is 15.1. The summed E-state index contributed by atoms with van der Waals surface area (Å²) < 4.78 is 0. The molecule has 118 valence electrons. The molecule has 1 aromatic carbocycles.